The minimum Gasteiger partial charge on any atom is -0.312 e. The Morgan fingerprint density at radius 2 is 1.95 bits per heavy atom. The van der Waals surface area contributed by atoms with Crippen LogP contribution < -0.4 is 5.32 Å². The lowest BCUT2D eigenvalue weighted by Gasteiger charge is -2.30. The minimum absolute atomic E-state index is 0.0890. The summed E-state index contributed by atoms with van der Waals surface area (Å²) in [6.07, 6.45) is 1.90. The molecule has 1 N–H and O–H groups in total. The zero-order valence-corrected chi connectivity index (χ0v) is 12.4. The summed E-state index contributed by atoms with van der Waals surface area (Å²) in [6, 6.07) is 2.24. The van der Waals surface area contributed by atoms with Crippen LogP contribution >= 0.6 is 0 Å². The number of nitrogens with one attached hydrogen (secondary N) is 1. The molecular weight excluding hydrogens is 284 g/mol. The first-order valence-electron chi connectivity index (χ1n) is 6.72. The largest absolute Gasteiger partial charge is 0.312 e. The van der Waals surface area contributed by atoms with Crippen LogP contribution in [0.5, 0.6) is 0 Å². The van der Waals surface area contributed by atoms with E-state index in [2.05, 4.69) is 5.32 Å². The van der Waals surface area contributed by atoms with Gasteiger partial charge in [0.2, 0.25) is 0 Å². The zero-order chi connectivity index (χ0) is 14.9. The van der Waals surface area contributed by atoms with Crippen molar-refractivity contribution in [2.24, 2.45) is 0 Å². The number of sulfone groups is 1. The standard InChI is InChI=1S/C14H19F2NO2S/c1-9-6-7-10(13(16)12(9)15)14(17-2)11-5-3-4-8-20(11,18)19/h6-7,11,14,17H,3-5,8H2,1-2H3. The number of hydrogen-bond donors (Lipinski definition) is 1. The molecule has 1 aliphatic heterocycles. The summed E-state index contributed by atoms with van der Waals surface area (Å²) >= 11 is 0. The average Bonchev–Trinajstić information content (AvgIpc) is 2.40. The lowest BCUT2D eigenvalue weighted by atomic mass is 9.97. The average molecular weight is 303 g/mol. The first-order valence-corrected chi connectivity index (χ1v) is 8.43. The van der Waals surface area contributed by atoms with Crippen LogP contribution in [0.25, 0.3) is 0 Å². The van der Waals surface area contributed by atoms with Gasteiger partial charge < -0.3 is 5.32 Å². The first-order chi connectivity index (χ1) is 9.38. The molecule has 3 nitrogen and oxygen atoms in total. The van der Waals surface area contributed by atoms with E-state index >= 15 is 0 Å². The van der Waals surface area contributed by atoms with Crippen molar-refractivity contribution in [3.05, 3.63) is 34.9 Å². The van der Waals surface area contributed by atoms with E-state index in [1.165, 1.54) is 19.1 Å². The number of halogens is 2. The summed E-state index contributed by atoms with van der Waals surface area (Å²) in [5, 5.41) is 2.15. The third kappa shape index (κ3) is 2.72. The first kappa shape index (κ1) is 15.4. The summed E-state index contributed by atoms with van der Waals surface area (Å²) in [6.45, 7) is 1.48. The summed E-state index contributed by atoms with van der Waals surface area (Å²) in [7, 11) is -1.70. The van der Waals surface area contributed by atoms with Gasteiger partial charge in [0.15, 0.2) is 21.5 Å². The predicted octanol–water partition coefficient (Wildman–Crippen LogP) is 2.50. The molecule has 1 aromatic rings. The molecular formula is C14H19F2NO2S. The summed E-state index contributed by atoms with van der Waals surface area (Å²) in [4.78, 5) is 0. The van der Waals surface area contributed by atoms with Gasteiger partial charge in [-0.3, -0.25) is 0 Å². The van der Waals surface area contributed by atoms with E-state index < -0.39 is 32.8 Å². The van der Waals surface area contributed by atoms with E-state index in [0.29, 0.717) is 12.8 Å². The van der Waals surface area contributed by atoms with Crippen LogP contribution in [0.1, 0.15) is 36.4 Å². The molecule has 2 atom stereocenters. The van der Waals surface area contributed by atoms with Crippen molar-refractivity contribution in [3.63, 3.8) is 0 Å². The molecule has 0 amide bonds. The minimum atomic E-state index is -3.27. The van der Waals surface area contributed by atoms with Crippen molar-refractivity contribution in [1.29, 1.82) is 0 Å². The highest BCUT2D eigenvalue weighted by Crippen LogP contribution is 2.32. The van der Waals surface area contributed by atoms with Gasteiger partial charge in [-0.15, -0.1) is 0 Å². The van der Waals surface area contributed by atoms with E-state index in [1.807, 2.05) is 0 Å². The van der Waals surface area contributed by atoms with Gasteiger partial charge in [-0.25, -0.2) is 17.2 Å². The molecule has 0 radical (unpaired) electrons. The Hall–Kier alpha value is -1.01. The summed E-state index contributed by atoms with van der Waals surface area (Å²) in [5.74, 6) is -1.74. The van der Waals surface area contributed by atoms with E-state index in [1.54, 1.807) is 7.05 Å². The Morgan fingerprint density at radius 1 is 1.25 bits per heavy atom. The smallest absolute Gasteiger partial charge is 0.163 e. The van der Waals surface area contributed by atoms with Crippen LogP contribution in [0, 0.1) is 18.6 Å². The molecule has 112 valence electrons. The van der Waals surface area contributed by atoms with Crippen LogP contribution in [0.15, 0.2) is 12.1 Å². The van der Waals surface area contributed by atoms with Gasteiger partial charge >= 0.3 is 0 Å². The van der Waals surface area contributed by atoms with Gasteiger partial charge in [0, 0.05) is 5.56 Å². The van der Waals surface area contributed by atoms with E-state index in [4.69, 9.17) is 0 Å². The van der Waals surface area contributed by atoms with Gasteiger partial charge in [0.25, 0.3) is 0 Å². The van der Waals surface area contributed by atoms with Gasteiger partial charge in [-0.2, -0.15) is 0 Å². The third-order valence-corrected chi connectivity index (χ3v) is 6.24. The predicted molar refractivity (Wildman–Crippen MR) is 74.3 cm³/mol. The monoisotopic (exact) mass is 303 g/mol. The zero-order valence-electron chi connectivity index (χ0n) is 11.6. The molecule has 1 aromatic carbocycles. The van der Waals surface area contributed by atoms with Crippen molar-refractivity contribution < 1.29 is 17.2 Å². The van der Waals surface area contributed by atoms with E-state index in [0.717, 1.165) is 6.42 Å². The van der Waals surface area contributed by atoms with Crippen LogP contribution in [-0.4, -0.2) is 26.5 Å². The Morgan fingerprint density at radius 3 is 2.55 bits per heavy atom. The van der Waals surface area contributed by atoms with Gasteiger partial charge in [-0.1, -0.05) is 18.6 Å². The summed E-state index contributed by atoms with van der Waals surface area (Å²) in [5.41, 5.74) is 0.304. The maximum absolute atomic E-state index is 14.1. The molecule has 0 saturated carbocycles. The lowest BCUT2D eigenvalue weighted by molar-refractivity contribution is 0.436. The van der Waals surface area contributed by atoms with Crippen molar-refractivity contribution in [2.75, 3.05) is 12.8 Å². The fourth-order valence-electron chi connectivity index (χ4n) is 2.80. The molecule has 1 fully saturated rings. The summed E-state index contributed by atoms with van der Waals surface area (Å²) < 4.78 is 52.1. The van der Waals surface area contributed by atoms with Crippen molar-refractivity contribution in [3.8, 4) is 0 Å². The second kappa shape index (κ2) is 5.77. The highest BCUT2D eigenvalue weighted by Gasteiger charge is 2.37. The molecule has 1 heterocycles. The molecule has 6 heteroatoms. The third-order valence-electron chi connectivity index (χ3n) is 3.95. The van der Waals surface area contributed by atoms with Gasteiger partial charge in [0.05, 0.1) is 17.0 Å². The normalized spacial score (nSPS) is 23.5. The molecule has 0 bridgehead atoms. The van der Waals surface area contributed by atoms with E-state index in [9.17, 15) is 17.2 Å². The molecule has 1 aliphatic rings. The van der Waals surface area contributed by atoms with Crippen molar-refractivity contribution in [2.45, 2.75) is 37.5 Å². The molecule has 0 aliphatic carbocycles. The highest BCUT2D eigenvalue weighted by atomic mass is 32.2. The van der Waals surface area contributed by atoms with Crippen molar-refractivity contribution >= 4 is 9.84 Å². The Labute approximate surface area is 118 Å². The Kier molecular flexibility index (Phi) is 4.44. The van der Waals surface area contributed by atoms with Gasteiger partial charge in [-0.05, 0) is 32.4 Å². The maximum Gasteiger partial charge on any atom is 0.163 e. The molecule has 2 unspecified atom stereocenters. The van der Waals surface area contributed by atoms with Crippen molar-refractivity contribution in [1.82, 2.24) is 5.32 Å². The Balaban J connectivity index is 2.45. The second-order valence-corrected chi connectivity index (χ2v) is 7.61. The Bertz CT molecular complexity index is 601. The lowest BCUT2D eigenvalue weighted by Crippen LogP contribution is -2.39. The number of aryl methyl sites for hydroxylation is 1. The van der Waals surface area contributed by atoms with Crippen LogP contribution in [-0.2, 0) is 9.84 Å². The molecule has 1 saturated heterocycles. The molecule has 2 rings (SSSR count). The maximum atomic E-state index is 14.1. The topological polar surface area (TPSA) is 46.2 Å². The van der Waals surface area contributed by atoms with Gasteiger partial charge in [0.1, 0.15) is 0 Å². The van der Waals surface area contributed by atoms with E-state index in [-0.39, 0.29) is 16.9 Å². The fraction of sp³-hybridized carbons (Fsp3) is 0.571. The quantitative estimate of drug-likeness (QED) is 0.933. The number of rotatable bonds is 3. The van der Waals surface area contributed by atoms with Crippen LogP contribution in [0.3, 0.4) is 0 Å². The molecule has 20 heavy (non-hydrogen) atoms. The molecule has 0 aromatic heterocycles. The fourth-order valence-corrected chi connectivity index (χ4v) is 4.93. The van der Waals surface area contributed by atoms with Crippen LogP contribution in [0.2, 0.25) is 0 Å². The second-order valence-electron chi connectivity index (χ2n) is 5.27. The van der Waals surface area contributed by atoms with Crippen LogP contribution in [0.4, 0.5) is 8.78 Å². The highest BCUT2D eigenvalue weighted by molar-refractivity contribution is 7.92. The number of benzene rings is 1. The SMILES string of the molecule is CNC(c1ccc(C)c(F)c1F)C1CCCCS1(=O)=O. The number of hydrogen-bond acceptors (Lipinski definition) is 3. The molecule has 0 spiro atoms.